The van der Waals surface area contributed by atoms with E-state index in [9.17, 15) is 0 Å². The van der Waals surface area contributed by atoms with Gasteiger partial charge in [-0.3, -0.25) is 19.9 Å². The molecule has 0 unspecified atom stereocenters. The van der Waals surface area contributed by atoms with Crippen molar-refractivity contribution in [2.45, 2.75) is 61.8 Å². The summed E-state index contributed by atoms with van der Waals surface area (Å²) >= 11 is 0. The topological polar surface area (TPSA) is 51.6 Å². The first-order valence-electron chi connectivity index (χ1n) is 12.9. The molecule has 0 bridgehead atoms. The van der Waals surface area contributed by atoms with Crippen LogP contribution in [0.1, 0.15) is 74.2 Å². The van der Waals surface area contributed by atoms with E-state index in [-0.39, 0.29) is 0 Å². The summed E-state index contributed by atoms with van der Waals surface area (Å²) in [5.41, 5.74) is 18.3. The molecule has 0 atom stereocenters. The van der Waals surface area contributed by atoms with Crippen molar-refractivity contribution >= 4 is 22.3 Å². The van der Waals surface area contributed by atoms with Gasteiger partial charge in [-0.1, -0.05) is 0 Å². The predicted octanol–water partition coefficient (Wildman–Crippen LogP) is 7.66. The van der Waals surface area contributed by atoms with Gasteiger partial charge >= 0.3 is 0 Å². The van der Waals surface area contributed by atoms with E-state index >= 15 is 0 Å². The molecule has 4 aromatic heterocycles. The van der Waals surface area contributed by atoms with Gasteiger partial charge < -0.3 is 0 Å². The first-order chi connectivity index (χ1) is 17.6. The van der Waals surface area contributed by atoms with E-state index in [0.29, 0.717) is 0 Å². The SMILES string of the molecule is Cc1cc(C2=C(c3cc(C)nc(C)c3)C(c3cc(C)nc(C)c3)=C(c3cc(C)nc(C)c3)C2)cc(C)n1. The molecule has 5 rings (SSSR count). The molecule has 0 aliphatic heterocycles. The maximum absolute atomic E-state index is 4.69. The van der Waals surface area contributed by atoms with Crippen LogP contribution in [-0.4, -0.2) is 19.9 Å². The molecule has 0 N–H and O–H groups in total. The van der Waals surface area contributed by atoms with E-state index in [1.807, 2.05) is 0 Å². The van der Waals surface area contributed by atoms with Gasteiger partial charge in [0.15, 0.2) is 0 Å². The fraction of sp³-hybridized carbons (Fsp3) is 0.273. The van der Waals surface area contributed by atoms with Gasteiger partial charge in [-0.05, 0) is 155 Å². The maximum Gasteiger partial charge on any atom is 0.0382 e. The zero-order valence-corrected chi connectivity index (χ0v) is 23.1. The Morgan fingerprint density at radius 1 is 0.351 bits per heavy atom. The maximum atomic E-state index is 4.69. The van der Waals surface area contributed by atoms with Gasteiger partial charge in [0.05, 0.1) is 0 Å². The van der Waals surface area contributed by atoms with Crippen LogP contribution in [0.4, 0.5) is 0 Å². The lowest BCUT2D eigenvalue weighted by Crippen LogP contribution is -1.98. The van der Waals surface area contributed by atoms with E-state index in [4.69, 9.17) is 9.97 Å². The van der Waals surface area contributed by atoms with Gasteiger partial charge in [0.25, 0.3) is 0 Å². The van der Waals surface area contributed by atoms with Crippen LogP contribution < -0.4 is 0 Å². The lowest BCUT2D eigenvalue weighted by molar-refractivity contribution is 1.11. The smallest absolute Gasteiger partial charge is 0.0382 e. The molecular weight excluding hydrogens is 452 g/mol. The molecule has 1 aliphatic rings. The van der Waals surface area contributed by atoms with Crippen LogP contribution in [0.15, 0.2) is 48.5 Å². The molecule has 4 aromatic rings. The van der Waals surface area contributed by atoms with Crippen molar-refractivity contribution in [2.75, 3.05) is 0 Å². The molecule has 0 amide bonds. The summed E-state index contributed by atoms with van der Waals surface area (Å²) in [5.74, 6) is 0. The molecule has 0 saturated carbocycles. The summed E-state index contributed by atoms with van der Waals surface area (Å²) in [5, 5.41) is 0. The summed E-state index contributed by atoms with van der Waals surface area (Å²) < 4.78 is 0. The average Bonchev–Trinajstić information content (AvgIpc) is 3.17. The Bertz CT molecular complexity index is 1420. The first kappa shape index (κ1) is 24.8. The quantitative estimate of drug-likeness (QED) is 0.297. The number of rotatable bonds is 4. The van der Waals surface area contributed by atoms with Crippen LogP contribution in [0.5, 0.6) is 0 Å². The highest BCUT2D eigenvalue weighted by Crippen LogP contribution is 2.52. The minimum absolute atomic E-state index is 0.831. The molecule has 0 spiro atoms. The van der Waals surface area contributed by atoms with Crippen LogP contribution in [0.2, 0.25) is 0 Å². The third-order valence-electron chi connectivity index (χ3n) is 6.81. The molecule has 37 heavy (non-hydrogen) atoms. The van der Waals surface area contributed by atoms with Crippen molar-refractivity contribution in [3.8, 4) is 0 Å². The summed E-state index contributed by atoms with van der Waals surface area (Å²) in [7, 11) is 0. The van der Waals surface area contributed by atoms with Crippen LogP contribution in [0.25, 0.3) is 22.3 Å². The molecule has 186 valence electrons. The zero-order chi connectivity index (χ0) is 26.4. The highest BCUT2D eigenvalue weighted by molar-refractivity contribution is 6.27. The second-order valence-electron chi connectivity index (χ2n) is 10.4. The molecule has 0 aromatic carbocycles. The Labute approximate surface area is 220 Å². The fourth-order valence-electron chi connectivity index (χ4n) is 5.76. The van der Waals surface area contributed by atoms with E-state index in [1.54, 1.807) is 0 Å². The molecule has 0 radical (unpaired) electrons. The minimum Gasteiger partial charge on any atom is -0.258 e. The largest absolute Gasteiger partial charge is 0.258 e. The van der Waals surface area contributed by atoms with Crippen molar-refractivity contribution in [1.82, 2.24) is 19.9 Å². The summed E-state index contributed by atoms with van der Waals surface area (Å²) in [6.45, 7) is 16.6. The Hall–Kier alpha value is -3.92. The number of hydrogen-bond donors (Lipinski definition) is 0. The number of allylic oxidation sites excluding steroid dienone is 4. The zero-order valence-electron chi connectivity index (χ0n) is 23.1. The number of nitrogens with zero attached hydrogens (tertiary/aromatic N) is 4. The lowest BCUT2D eigenvalue weighted by Gasteiger charge is -2.17. The summed E-state index contributed by atoms with van der Waals surface area (Å²) in [6.07, 6.45) is 0.831. The third-order valence-corrected chi connectivity index (χ3v) is 6.81. The Balaban J connectivity index is 1.90. The third kappa shape index (κ3) is 5.01. The summed E-state index contributed by atoms with van der Waals surface area (Å²) in [6, 6.07) is 17.7. The van der Waals surface area contributed by atoms with Crippen LogP contribution in [0.3, 0.4) is 0 Å². The second-order valence-corrected chi connectivity index (χ2v) is 10.4. The van der Waals surface area contributed by atoms with Gasteiger partial charge in [0.2, 0.25) is 0 Å². The van der Waals surface area contributed by atoms with Crippen molar-refractivity contribution in [1.29, 1.82) is 0 Å². The van der Waals surface area contributed by atoms with E-state index < -0.39 is 0 Å². The van der Waals surface area contributed by atoms with Gasteiger partial charge in [-0.25, -0.2) is 0 Å². The normalized spacial score (nSPS) is 13.6. The van der Waals surface area contributed by atoms with E-state index in [1.165, 1.54) is 44.5 Å². The molecular formula is C33H34N4. The lowest BCUT2D eigenvalue weighted by atomic mass is 9.88. The first-order valence-corrected chi connectivity index (χ1v) is 12.9. The van der Waals surface area contributed by atoms with Crippen molar-refractivity contribution in [2.24, 2.45) is 0 Å². The number of aromatic nitrogens is 4. The Morgan fingerprint density at radius 3 is 0.811 bits per heavy atom. The minimum atomic E-state index is 0.831. The molecule has 0 saturated heterocycles. The van der Waals surface area contributed by atoms with E-state index in [2.05, 4.69) is 114 Å². The van der Waals surface area contributed by atoms with Gasteiger partial charge in [0, 0.05) is 45.6 Å². The standard InChI is InChI=1S/C33H34N4/c1-18-9-26(10-19(2)34-18)30-17-31(27-11-20(3)35-21(4)12-27)33(29-15-24(7)37-25(8)16-29)32(30)28-13-22(5)36-23(6)14-28/h9-16H,17H2,1-8H3. The number of aryl methyl sites for hydroxylation is 8. The van der Waals surface area contributed by atoms with Gasteiger partial charge in [-0.2, -0.15) is 0 Å². The second kappa shape index (κ2) is 9.51. The molecule has 4 nitrogen and oxygen atoms in total. The van der Waals surface area contributed by atoms with Crippen LogP contribution in [-0.2, 0) is 0 Å². The number of pyridine rings is 4. The highest BCUT2D eigenvalue weighted by atomic mass is 14.7. The van der Waals surface area contributed by atoms with Gasteiger partial charge in [0.1, 0.15) is 0 Å². The predicted molar refractivity (Wildman–Crippen MR) is 153 cm³/mol. The van der Waals surface area contributed by atoms with Gasteiger partial charge in [-0.15, -0.1) is 0 Å². The fourth-order valence-corrected chi connectivity index (χ4v) is 5.76. The van der Waals surface area contributed by atoms with E-state index in [0.717, 1.165) is 52.0 Å². The molecule has 4 heterocycles. The average molecular weight is 487 g/mol. The molecule has 0 fully saturated rings. The van der Waals surface area contributed by atoms with Crippen LogP contribution in [0, 0.1) is 55.4 Å². The summed E-state index contributed by atoms with van der Waals surface area (Å²) in [4.78, 5) is 18.7. The Kier molecular flexibility index (Phi) is 6.36. The number of hydrogen-bond acceptors (Lipinski definition) is 4. The van der Waals surface area contributed by atoms with Crippen molar-refractivity contribution in [3.05, 3.63) is 116 Å². The molecule has 4 heteroatoms. The van der Waals surface area contributed by atoms with Crippen molar-refractivity contribution < 1.29 is 0 Å². The van der Waals surface area contributed by atoms with Crippen molar-refractivity contribution in [3.63, 3.8) is 0 Å². The molecule has 1 aliphatic carbocycles. The Morgan fingerprint density at radius 2 is 0.568 bits per heavy atom. The van der Waals surface area contributed by atoms with Crippen LogP contribution >= 0.6 is 0 Å². The highest BCUT2D eigenvalue weighted by Gasteiger charge is 2.30. The monoisotopic (exact) mass is 486 g/mol.